The Morgan fingerprint density at radius 3 is 3.10 bits per heavy atom. The Morgan fingerprint density at radius 2 is 2.35 bits per heavy atom. The molecule has 2 rings (SSSR count). The van der Waals surface area contributed by atoms with Gasteiger partial charge in [0.1, 0.15) is 0 Å². The minimum Gasteiger partial charge on any atom is -0.394 e. The van der Waals surface area contributed by atoms with E-state index >= 15 is 0 Å². The number of benzene rings is 1. The molecule has 1 saturated heterocycles. The lowest BCUT2D eigenvalue weighted by molar-refractivity contribution is 0.0726. The van der Waals surface area contributed by atoms with Crippen molar-refractivity contribution in [3.05, 3.63) is 28.8 Å². The molecular weight excluding hydrogens is 276 g/mol. The van der Waals surface area contributed by atoms with Gasteiger partial charge in [0.2, 0.25) is 0 Å². The van der Waals surface area contributed by atoms with Crippen molar-refractivity contribution < 1.29 is 9.84 Å². The molecule has 5 heteroatoms. The quantitative estimate of drug-likeness (QED) is 0.789. The number of rotatable bonds is 6. The first kappa shape index (κ1) is 15.6. The third kappa shape index (κ3) is 3.85. The van der Waals surface area contributed by atoms with Gasteiger partial charge in [-0.25, -0.2) is 0 Å². The summed E-state index contributed by atoms with van der Waals surface area (Å²) in [7, 11) is 0. The van der Waals surface area contributed by atoms with E-state index in [9.17, 15) is 5.11 Å². The highest BCUT2D eigenvalue weighted by molar-refractivity contribution is 6.30. The Kier molecular flexibility index (Phi) is 6.10. The molecule has 0 amide bonds. The average Bonchev–Trinajstić information content (AvgIpc) is 2.48. The van der Waals surface area contributed by atoms with E-state index in [0.717, 1.165) is 36.8 Å². The molecular formula is C15H23ClN2O2. The number of ether oxygens (including phenoxy) is 1. The lowest BCUT2D eigenvalue weighted by Gasteiger charge is -2.37. The number of nitrogens with one attached hydrogen (secondary N) is 1. The smallest absolute Gasteiger partial charge is 0.0755 e. The van der Waals surface area contributed by atoms with E-state index < -0.39 is 0 Å². The van der Waals surface area contributed by atoms with E-state index in [0.29, 0.717) is 13.2 Å². The number of hydrogen-bond donors (Lipinski definition) is 2. The van der Waals surface area contributed by atoms with Gasteiger partial charge < -0.3 is 20.1 Å². The van der Waals surface area contributed by atoms with E-state index in [1.165, 1.54) is 5.56 Å². The van der Waals surface area contributed by atoms with Crippen molar-refractivity contribution >= 4 is 17.3 Å². The Hall–Kier alpha value is -0.810. The Morgan fingerprint density at radius 1 is 1.50 bits per heavy atom. The summed E-state index contributed by atoms with van der Waals surface area (Å²) in [6.07, 6.45) is 1.10. The minimum atomic E-state index is 0.0230. The van der Waals surface area contributed by atoms with Crippen LogP contribution >= 0.6 is 11.6 Å². The summed E-state index contributed by atoms with van der Waals surface area (Å²) in [4.78, 5) is 2.22. The van der Waals surface area contributed by atoms with E-state index in [2.05, 4.69) is 17.1 Å². The van der Waals surface area contributed by atoms with Gasteiger partial charge in [-0.1, -0.05) is 18.5 Å². The van der Waals surface area contributed by atoms with E-state index in [1.807, 2.05) is 18.2 Å². The highest BCUT2D eigenvalue weighted by atomic mass is 35.5. The van der Waals surface area contributed by atoms with Gasteiger partial charge in [0.15, 0.2) is 0 Å². The summed E-state index contributed by atoms with van der Waals surface area (Å²) >= 11 is 6.12. The molecule has 2 N–H and O–H groups in total. The SMILES string of the molecule is CCCNCc1cc(Cl)ccc1N1CCOCC1CO. The van der Waals surface area contributed by atoms with Crippen LogP contribution in [-0.4, -0.2) is 44.1 Å². The summed E-state index contributed by atoms with van der Waals surface area (Å²) in [6.45, 7) is 6.09. The topological polar surface area (TPSA) is 44.7 Å². The van der Waals surface area contributed by atoms with Crippen molar-refractivity contribution in [2.75, 3.05) is 37.8 Å². The summed E-state index contributed by atoms with van der Waals surface area (Å²) in [5.74, 6) is 0. The molecule has 4 nitrogen and oxygen atoms in total. The van der Waals surface area contributed by atoms with Gasteiger partial charge in [-0.05, 0) is 36.7 Å². The van der Waals surface area contributed by atoms with Gasteiger partial charge in [-0.2, -0.15) is 0 Å². The van der Waals surface area contributed by atoms with Gasteiger partial charge in [0.25, 0.3) is 0 Å². The molecule has 1 fully saturated rings. The zero-order valence-electron chi connectivity index (χ0n) is 11.9. The fourth-order valence-electron chi connectivity index (χ4n) is 2.50. The number of hydrogen-bond acceptors (Lipinski definition) is 4. The third-order valence-electron chi connectivity index (χ3n) is 3.53. The lowest BCUT2D eigenvalue weighted by atomic mass is 10.1. The van der Waals surface area contributed by atoms with Crippen molar-refractivity contribution in [2.24, 2.45) is 0 Å². The highest BCUT2D eigenvalue weighted by Crippen LogP contribution is 2.27. The molecule has 1 aromatic carbocycles. The Balaban J connectivity index is 2.19. The number of aliphatic hydroxyl groups is 1. The predicted octanol–water partition coefficient (Wildman–Crippen LogP) is 2.04. The molecule has 0 aromatic heterocycles. The number of nitrogens with zero attached hydrogens (tertiary/aromatic N) is 1. The second-order valence-corrected chi connectivity index (χ2v) is 5.49. The maximum Gasteiger partial charge on any atom is 0.0755 e. The highest BCUT2D eigenvalue weighted by Gasteiger charge is 2.24. The zero-order valence-corrected chi connectivity index (χ0v) is 12.7. The number of anilines is 1. The van der Waals surface area contributed by atoms with Crippen LogP contribution in [0.15, 0.2) is 18.2 Å². The first-order valence-electron chi connectivity index (χ1n) is 7.20. The number of halogens is 1. The number of aliphatic hydroxyl groups excluding tert-OH is 1. The predicted molar refractivity (Wildman–Crippen MR) is 82.5 cm³/mol. The first-order chi connectivity index (χ1) is 9.76. The molecule has 1 aliphatic heterocycles. The molecule has 20 heavy (non-hydrogen) atoms. The van der Waals surface area contributed by atoms with Crippen molar-refractivity contribution in [3.8, 4) is 0 Å². The van der Waals surface area contributed by atoms with Crippen LogP contribution < -0.4 is 10.2 Å². The largest absolute Gasteiger partial charge is 0.394 e. The van der Waals surface area contributed by atoms with Crippen LogP contribution in [0.5, 0.6) is 0 Å². The van der Waals surface area contributed by atoms with Crippen LogP contribution in [0.4, 0.5) is 5.69 Å². The van der Waals surface area contributed by atoms with Gasteiger partial charge in [0.05, 0.1) is 25.9 Å². The Labute approximate surface area is 125 Å². The van der Waals surface area contributed by atoms with Gasteiger partial charge in [-0.3, -0.25) is 0 Å². The average molecular weight is 299 g/mol. The molecule has 1 heterocycles. The summed E-state index contributed by atoms with van der Waals surface area (Å²) in [5.41, 5.74) is 2.31. The summed E-state index contributed by atoms with van der Waals surface area (Å²) in [5, 5.41) is 13.7. The molecule has 0 saturated carbocycles. The summed E-state index contributed by atoms with van der Waals surface area (Å²) < 4.78 is 5.44. The van der Waals surface area contributed by atoms with E-state index in [4.69, 9.17) is 16.3 Å². The van der Waals surface area contributed by atoms with Crippen molar-refractivity contribution in [3.63, 3.8) is 0 Å². The third-order valence-corrected chi connectivity index (χ3v) is 3.77. The molecule has 1 atom stereocenters. The fraction of sp³-hybridized carbons (Fsp3) is 0.600. The maximum atomic E-state index is 9.52. The van der Waals surface area contributed by atoms with Crippen LogP contribution in [0.25, 0.3) is 0 Å². The normalized spacial score (nSPS) is 19.4. The molecule has 1 unspecified atom stereocenters. The van der Waals surface area contributed by atoms with E-state index in [-0.39, 0.29) is 12.6 Å². The maximum absolute atomic E-state index is 9.52. The first-order valence-corrected chi connectivity index (χ1v) is 7.58. The van der Waals surface area contributed by atoms with Crippen LogP contribution in [-0.2, 0) is 11.3 Å². The van der Waals surface area contributed by atoms with Crippen molar-refractivity contribution in [1.82, 2.24) is 5.32 Å². The van der Waals surface area contributed by atoms with Gasteiger partial charge in [-0.15, -0.1) is 0 Å². The lowest BCUT2D eigenvalue weighted by Crippen LogP contribution is -2.48. The molecule has 0 aliphatic carbocycles. The molecule has 1 aromatic rings. The molecule has 0 radical (unpaired) electrons. The standard InChI is InChI=1S/C15H23ClN2O2/c1-2-5-17-9-12-8-13(16)3-4-15(12)18-6-7-20-11-14(18)10-19/h3-4,8,14,17,19H,2,5-7,9-11H2,1H3. The second-order valence-electron chi connectivity index (χ2n) is 5.05. The summed E-state index contributed by atoms with van der Waals surface area (Å²) in [6, 6.07) is 5.97. The van der Waals surface area contributed by atoms with Crippen molar-refractivity contribution in [2.45, 2.75) is 25.9 Å². The van der Waals surface area contributed by atoms with E-state index in [1.54, 1.807) is 0 Å². The molecule has 0 spiro atoms. The van der Waals surface area contributed by atoms with Crippen molar-refractivity contribution in [1.29, 1.82) is 0 Å². The fourth-order valence-corrected chi connectivity index (χ4v) is 2.69. The molecule has 0 bridgehead atoms. The van der Waals surface area contributed by atoms with Crippen LogP contribution in [0.1, 0.15) is 18.9 Å². The molecule has 1 aliphatic rings. The minimum absolute atomic E-state index is 0.0230. The van der Waals surface area contributed by atoms with Crippen LogP contribution in [0, 0.1) is 0 Å². The monoisotopic (exact) mass is 298 g/mol. The Bertz CT molecular complexity index is 428. The van der Waals surface area contributed by atoms with Gasteiger partial charge in [0, 0.05) is 23.8 Å². The van der Waals surface area contributed by atoms with Crippen LogP contribution in [0.2, 0.25) is 5.02 Å². The van der Waals surface area contributed by atoms with Gasteiger partial charge >= 0.3 is 0 Å². The molecule has 112 valence electrons. The second kappa shape index (κ2) is 7.84. The van der Waals surface area contributed by atoms with Crippen LogP contribution in [0.3, 0.4) is 0 Å². The number of morpholine rings is 1. The zero-order chi connectivity index (χ0) is 14.4.